The van der Waals surface area contributed by atoms with Crippen LogP contribution in [0.3, 0.4) is 0 Å². The van der Waals surface area contributed by atoms with E-state index in [1.807, 2.05) is 0 Å². The van der Waals surface area contributed by atoms with Gasteiger partial charge in [0.1, 0.15) is 0 Å². The van der Waals surface area contributed by atoms with Crippen LogP contribution in [0.2, 0.25) is 0 Å². The summed E-state index contributed by atoms with van der Waals surface area (Å²) in [6.07, 6.45) is 1.24. The minimum absolute atomic E-state index is 0.274. The van der Waals surface area contributed by atoms with Crippen LogP contribution >= 0.6 is 8.15 Å². The van der Waals surface area contributed by atoms with Gasteiger partial charge in [0.05, 0.1) is 6.10 Å². The highest BCUT2D eigenvalue weighted by molar-refractivity contribution is 7.50. The Hall–Kier alpha value is -0.850. The van der Waals surface area contributed by atoms with Crippen molar-refractivity contribution in [3.8, 4) is 0 Å². The Kier molecular flexibility index (Phi) is 3.63. The van der Waals surface area contributed by atoms with Crippen molar-refractivity contribution >= 4 is 19.1 Å². The lowest BCUT2D eigenvalue weighted by Crippen LogP contribution is -2.08. The maximum Gasteiger partial charge on any atom is 0.0644 e. The summed E-state index contributed by atoms with van der Waals surface area (Å²) in [5.41, 5.74) is 2.46. The van der Waals surface area contributed by atoms with Crippen molar-refractivity contribution < 1.29 is 4.52 Å². The zero-order valence-electron chi connectivity index (χ0n) is 10.0. The molecule has 0 aliphatic carbocycles. The van der Waals surface area contributed by atoms with E-state index in [1.54, 1.807) is 0 Å². The summed E-state index contributed by atoms with van der Waals surface area (Å²) in [5, 5.41) is 1.28. The maximum absolute atomic E-state index is 5.79. The summed E-state index contributed by atoms with van der Waals surface area (Å²) >= 11 is 0. The molecule has 0 aliphatic heterocycles. The molecule has 2 aromatic rings. The second-order valence-electron chi connectivity index (χ2n) is 4.31. The largest absolute Gasteiger partial charge is 0.358 e. The highest BCUT2D eigenvalue weighted by Gasteiger charge is 2.08. The number of aromatic nitrogens is 1. The molecule has 0 amide bonds. The predicted octanol–water partition coefficient (Wildman–Crippen LogP) is 3.77. The van der Waals surface area contributed by atoms with E-state index in [1.165, 1.54) is 16.6 Å². The molecule has 1 atom stereocenters. The molecular weight excluding hydrogens is 217 g/mol. The Bertz CT molecular complexity index is 431. The second kappa shape index (κ2) is 4.99. The van der Waals surface area contributed by atoms with Crippen LogP contribution < -0.4 is 0 Å². The Morgan fingerprint density at radius 3 is 2.75 bits per heavy atom. The molecule has 1 unspecified atom stereocenters. The lowest BCUT2D eigenvalue weighted by molar-refractivity contribution is 0.250. The van der Waals surface area contributed by atoms with Gasteiger partial charge in [-0.15, -0.1) is 0 Å². The van der Waals surface area contributed by atoms with Gasteiger partial charge in [0.25, 0.3) is 0 Å². The van der Waals surface area contributed by atoms with Gasteiger partial charge in [-0.05, 0) is 37.8 Å². The molecule has 1 N–H and O–H groups in total. The molecule has 86 valence electrons. The number of H-pyrrole nitrogens is 1. The van der Waals surface area contributed by atoms with Crippen LogP contribution in [0.5, 0.6) is 0 Å². The van der Waals surface area contributed by atoms with Crippen LogP contribution in [0, 0.1) is 0 Å². The first-order valence-corrected chi connectivity index (χ1v) is 7.71. The molecular formula is C13H18NOP. The average Bonchev–Trinajstić information content (AvgIpc) is 2.57. The highest BCUT2D eigenvalue weighted by atomic mass is 31.1. The molecule has 0 spiro atoms. The van der Waals surface area contributed by atoms with Gasteiger partial charge in [0, 0.05) is 25.8 Å². The van der Waals surface area contributed by atoms with Gasteiger partial charge in [-0.25, -0.2) is 0 Å². The van der Waals surface area contributed by atoms with E-state index in [-0.39, 0.29) is 14.3 Å². The average molecular weight is 235 g/mol. The highest BCUT2D eigenvalue weighted by Crippen LogP contribution is 2.29. The van der Waals surface area contributed by atoms with Crippen molar-refractivity contribution in [1.29, 1.82) is 0 Å². The molecule has 1 heterocycles. The van der Waals surface area contributed by atoms with Gasteiger partial charge < -0.3 is 9.51 Å². The first kappa shape index (κ1) is 11.6. The molecule has 0 saturated heterocycles. The van der Waals surface area contributed by atoms with Crippen LogP contribution in [0.4, 0.5) is 0 Å². The van der Waals surface area contributed by atoms with Gasteiger partial charge in [-0.2, -0.15) is 0 Å². The third kappa shape index (κ3) is 2.84. The van der Waals surface area contributed by atoms with E-state index >= 15 is 0 Å². The first-order valence-electron chi connectivity index (χ1n) is 5.56. The quantitative estimate of drug-likeness (QED) is 0.802. The van der Waals surface area contributed by atoms with Gasteiger partial charge in [0.2, 0.25) is 0 Å². The monoisotopic (exact) mass is 235 g/mol. The fraction of sp³-hybridized carbons (Fsp3) is 0.385. The van der Waals surface area contributed by atoms with Crippen molar-refractivity contribution in [3.63, 3.8) is 0 Å². The van der Waals surface area contributed by atoms with E-state index in [4.69, 9.17) is 4.52 Å². The Morgan fingerprint density at radius 1 is 1.31 bits per heavy atom. The van der Waals surface area contributed by atoms with E-state index in [2.05, 4.69) is 55.6 Å². The van der Waals surface area contributed by atoms with Crippen LogP contribution in [0.1, 0.15) is 12.6 Å². The van der Waals surface area contributed by atoms with Crippen LogP contribution in [-0.4, -0.2) is 24.4 Å². The topological polar surface area (TPSA) is 25.0 Å². The standard InChI is InChI=1S/C13H18NOP/c1-10(15-16(2)3)8-12-9-11-6-4-5-7-13(11)14-12/h4-7,9-10,14H,8H2,1-3H3. The predicted molar refractivity (Wildman–Crippen MR) is 71.3 cm³/mol. The number of aromatic amines is 1. The molecule has 2 nitrogen and oxygen atoms in total. The number of para-hydroxylation sites is 1. The summed E-state index contributed by atoms with van der Waals surface area (Å²) in [6.45, 7) is 6.40. The third-order valence-electron chi connectivity index (χ3n) is 2.48. The molecule has 16 heavy (non-hydrogen) atoms. The molecule has 3 heteroatoms. The van der Waals surface area contributed by atoms with Gasteiger partial charge in [0.15, 0.2) is 0 Å². The summed E-state index contributed by atoms with van der Waals surface area (Å²) in [6, 6.07) is 10.6. The number of hydrogen-bond acceptors (Lipinski definition) is 1. The normalized spacial score (nSPS) is 13.5. The summed E-state index contributed by atoms with van der Waals surface area (Å²) < 4.78 is 5.79. The number of rotatable bonds is 4. The molecule has 1 aromatic heterocycles. The zero-order valence-corrected chi connectivity index (χ0v) is 10.9. The number of nitrogens with one attached hydrogen (secondary N) is 1. The van der Waals surface area contributed by atoms with E-state index < -0.39 is 0 Å². The SMILES string of the molecule is CC(Cc1cc2ccccc2[nH]1)OP(C)C. The minimum atomic E-state index is -0.274. The number of hydrogen-bond donors (Lipinski definition) is 1. The van der Waals surface area contributed by atoms with Crippen molar-refractivity contribution in [2.24, 2.45) is 0 Å². The smallest absolute Gasteiger partial charge is 0.0644 e. The third-order valence-corrected chi connectivity index (χ3v) is 3.27. The lowest BCUT2D eigenvalue weighted by atomic mass is 10.2. The Balaban J connectivity index is 2.09. The Labute approximate surface area is 97.8 Å². The van der Waals surface area contributed by atoms with Crippen molar-refractivity contribution in [3.05, 3.63) is 36.0 Å². The maximum atomic E-state index is 5.79. The number of fused-ring (bicyclic) bond motifs is 1. The zero-order chi connectivity index (χ0) is 11.5. The van der Waals surface area contributed by atoms with Gasteiger partial charge in [-0.1, -0.05) is 18.2 Å². The molecule has 0 bridgehead atoms. The molecule has 0 saturated carbocycles. The van der Waals surface area contributed by atoms with Crippen molar-refractivity contribution in [2.75, 3.05) is 13.3 Å². The molecule has 0 radical (unpaired) electrons. The van der Waals surface area contributed by atoms with E-state index in [0.717, 1.165) is 6.42 Å². The van der Waals surface area contributed by atoms with E-state index in [9.17, 15) is 0 Å². The first-order chi connectivity index (χ1) is 7.65. The van der Waals surface area contributed by atoms with Gasteiger partial charge in [-0.3, -0.25) is 0 Å². The fourth-order valence-electron chi connectivity index (χ4n) is 1.95. The molecule has 1 aromatic carbocycles. The lowest BCUT2D eigenvalue weighted by Gasteiger charge is -2.14. The fourth-order valence-corrected chi connectivity index (χ4v) is 2.74. The van der Waals surface area contributed by atoms with Gasteiger partial charge >= 0.3 is 0 Å². The van der Waals surface area contributed by atoms with Crippen LogP contribution in [0.25, 0.3) is 10.9 Å². The summed E-state index contributed by atoms with van der Waals surface area (Å²) in [7, 11) is -0.274. The minimum Gasteiger partial charge on any atom is -0.358 e. The molecule has 0 fully saturated rings. The van der Waals surface area contributed by atoms with E-state index in [0.29, 0.717) is 0 Å². The molecule has 0 aliphatic rings. The number of benzene rings is 1. The van der Waals surface area contributed by atoms with Crippen molar-refractivity contribution in [2.45, 2.75) is 19.4 Å². The second-order valence-corrected chi connectivity index (χ2v) is 6.15. The summed E-state index contributed by atoms with van der Waals surface area (Å²) in [4.78, 5) is 3.43. The summed E-state index contributed by atoms with van der Waals surface area (Å²) in [5.74, 6) is 0. The van der Waals surface area contributed by atoms with Crippen LogP contribution in [0.15, 0.2) is 30.3 Å². The Morgan fingerprint density at radius 2 is 2.06 bits per heavy atom. The van der Waals surface area contributed by atoms with Crippen molar-refractivity contribution in [1.82, 2.24) is 4.98 Å². The molecule has 2 rings (SSSR count). The van der Waals surface area contributed by atoms with Crippen LogP contribution in [-0.2, 0) is 10.9 Å².